The van der Waals surface area contributed by atoms with E-state index in [1.165, 1.54) is 6.20 Å². The number of carbonyl (C=O) groups excluding carboxylic acids is 1. The minimum Gasteiger partial charge on any atom is -0.491 e. The Morgan fingerprint density at radius 2 is 1.96 bits per heavy atom. The molecule has 1 atom stereocenters. The first-order chi connectivity index (χ1) is 11.3. The van der Waals surface area contributed by atoms with E-state index in [1.54, 1.807) is 13.0 Å². The highest BCUT2D eigenvalue weighted by molar-refractivity contribution is 5.69. The Morgan fingerprint density at radius 1 is 1.29 bits per heavy atom. The average Bonchev–Trinajstić information content (AvgIpc) is 2.52. The summed E-state index contributed by atoms with van der Waals surface area (Å²) >= 11 is 0. The van der Waals surface area contributed by atoms with E-state index in [2.05, 4.69) is 10.6 Å². The predicted octanol–water partition coefficient (Wildman–Crippen LogP) is 2.53. The van der Waals surface area contributed by atoms with Crippen molar-refractivity contribution in [3.05, 3.63) is 36.0 Å². The zero-order valence-corrected chi connectivity index (χ0v) is 14.8. The van der Waals surface area contributed by atoms with Gasteiger partial charge in [-0.15, -0.1) is 0 Å². The van der Waals surface area contributed by atoms with E-state index < -0.39 is 12.2 Å². The van der Waals surface area contributed by atoms with Gasteiger partial charge in [-0.3, -0.25) is 5.32 Å². The maximum atomic E-state index is 11.1. The number of aliphatic hydroxyl groups is 1. The summed E-state index contributed by atoms with van der Waals surface area (Å²) in [6, 6.07) is 7.35. The zero-order chi connectivity index (χ0) is 18.0. The molecule has 1 unspecified atom stereocenters. The maximum Gasteiger partial charge on any atom is 0.411 e. The van der Waals surface area contributed by atoms with Gasteiger partial charge in [0.05, 0.1) is 6.61 Å². The van der Waals surface area contributed by atoms with Crippen LogP contribution in [0.5, 0.6) is 5.75 Å². The molecule has 6 heteroatoms. The van der Waals surface area contributed by atoms with Crippen molar-refractivity contribution in [2.45, 2.75) is 39.3 Å². The lowest BCUT2D eigenvalue weighted by molar-refractivity contribution is 0.100. The third-order valence-corrected chi connectivity index (χ3v) is 2.94. The van der Waals surface area contributed by atoms with Gasteiger partial charge in [0.2, 0.25) is 0 Å². The fourth-order valence-corrected chi connectivity index (χ4v) is 1.73. The number of rotatable bonds is 8. The third kappa shape index (κ3) is 9.17. The number of β-amino-alcohol motifs (C(OH)–C–C–N with tert-alkyl or cyclic N) is 1. The molecule has 0 saturated heterocycles. The Labute approximate surface area is 143 Å². The molecule has 6 nitrogen and oxygen atoms in total. The van der Waals surface area contributed by atoms with Gasteiger partial charge in [0.25, 0.3) is 0 Å². The lowest BCUT2D eigenvalue weighted by Gasteiger charge is -2.22. The van der Waals surface area contributed by atoms with Gasteiger partial charge < -0.3 is 19.9 Å². The molecule has 0 aliphatic rings. The van der Waals surface area contributed by atoms with Crippen LogP contribution in [0.25, 0.3) is 6.08 Å². The van der Waals surface area contributed by atoms with E-state index in [-0.39, 0.29) is 12.1 Å². The van der Waals surface area contributed by atoms with Crippen molar-refractivity contribution in [2.24, 2.45) is 0 Å². The van der Waals surface area contributed by atoms with Crippen molar-refractivity contribution >= 4 is 12.2 Å². The summed E-state index contributed by atoms with van der Waals surface area (Å²) < 4.78 is 10.3. The molecule has 1 rings (SSSR count). The molecule has 0 aliphatic heterocycles. The lowest BCUT2D eigenvalue weighted by Crippen LogP contribution is -2.42. The van der Waals surface area contributed by atoms with Gasteiger partial charge in [-0.2, -0.15) is 0 Å². The monoisotopic (exact) mass is 336 g/mol. The SMILES string of the molecule is CCOC(=O)NC=Cc1ccc(OCC(O)CNC(C)(C)C)cc1. The lowest BCUT2D eigenvalue weighted by atomic mass is 10.1. The quantitative estimate of drug-likeness (QED) is 0.680. The van der Waals surface area contributed by atoms with Gasteiger partial charge in [-0.05, 0) is 51.5 Å². The van der Waals surface area contributed by atoms with Gasteiger partial charge in [-0.25, -0.2) is 4.79 Å². The Morgan fingerprint density at radius 3 is 2.54 bits per heavy atom. The summed E-state index contributed by atoms with van der Waals surface area (Å²) in [5.41, 5.74) is 0.876. The molecule has 0 fully saturated rings. The summed E-state index contributed by atoms with van der Waals surface area (Å²) in [4.78, 5) is 11.1. The van der Waals surface area contributed by atoms with E-state index in [4.69, 9.17) is 9.47 Å². The molecular formula is C18H28N2O4. The molecule has 0 radical (unpaired) electrons. The van der Waals surface area contributed by atoms with E-state index in [9.17, 15) is 9.90 Å². The second-order valence-electron chi connectivity index (χ2n) is 6.36. The summed E-state index contributed by atoms with van der Waals surface area (Å²) in [6.45, 7) is 8.92. The second kappa shape index (κ2) is 9.95. The predicted molar refractivity (Wildman–Crippen MR) is 94.9 cm³/mol. The van der Waals surface area contributed by atoms with Crippen LogP contribution in [0, 0.1) is 0 Å². The van der Waals surface area contributed by atoms with Crippen LogP contribution in [-0.2, 0) is 4.74 Å². The number of amides is 1. The van der Waals surface area contributed by atoms with Crippen LogP contribution >= 0.6 is 0 Å². The maximum absolute atomic E-state index is 11.1. The van der Waals surface area contributed by atoms with Crippen molar-refractivity contribution in [3.63, 3.8) is 0 Å². The zero-order valence-electron chi connectivity index (χ0n) is 14.8. The Bertz CT molecular complexity index is 521. The largest absolute Gasteiger partial charge is 0.491 e. The normalized spacial score (nSPS) is 12.9. The van der Waals surface area contributed by atoms with E-state index in [0.717, 1.165) is 5.56 Å². The van der Waals surface area contributed by atoms with Gasteiger partial charge in [0.15, 0.2) is 0 Å². The van der Waals surface area contributed by atoms with E-state index >= 15 is 0 Å². The van der Waals surface area contributed by atoms with Crippen LogP contribution in [0.3, 0.4) is 0 Å². The fourth-order valence-electron chi connectivity index (χ4n) is 1.73. The van der Waals surface area contributed by atoms with E-state index in [1.807, 2.05) is 45.0 Å². The highest BCUT2D eigenvalue weighted by Gasteiger charge is 2.12. The van der Waals surface area contributed by atoms with Crippen LogP contribution in [0.15, 0.2) is 30.5 Å². The number of benzene rings is 1. The minimum absolute atomic E-state index is 0.0352. The number of hydrogen-bond acceptors (Lipinski definition) is 5. The molecule has 0 heterocycles. The van der Waals surface area contributed by atoms with Crippen molar-refractivity contribution in [2.75, 3.05) is 19.8 Å². The number of carbonyl (C=O) groups is 1. The fraction of sp³-hybridized carbons (Fsp3) is 0.500. The standard InChI is InChI=1S/C18H28N2O4/c1-5-23-17(22)19-11-10-14-6-8-16(9-7-14)24-13-15(21)12-20-18(2,3)4/h6-11,15,20-21H,5,12-13H2,1-4H3,(H,19,22). The number of nitrogens with one attached hydrogen (secondary N) is 2. The molecule has 1 aromatic rings. The van der Waals surface area contributed by atoms with Crippen LogP contribution in [0.1, 0.15) is 33.3 Å². The number of ether oxygens (including phenoxy) is 2. The van der Waals surface area contributed by atoms with Gasteiger partial charge in [0.1, 0.15) is 18.5 Å². The molecule has 1 aromatic carbocycles. The number of aliphatic hydroxyl groups excluding tert-OH is 1. The topological polar surface area (TPSA) is 79.8 Å². The molecule has 3 N–H and O–H groups in total. The summed E-state index contributed by atoms with van der Waals surface area (Å²) in [5.74, 6) is 0.681. The number of alkyl carbamates (subject to hydrolysis) is 1. The molecule has 0 aliphatic carbocycles. The van der Waals surface area contributed by atoms with Crippen molar-refractivity contribution < 1.29 is 19.4 Å². The number of hydrogen-bond donors (Lipinski definition) is 3. The first-order valence-electron chi connectivity index (χ1n) is 8.06. The van der Waals surface area contributed by atoms with Crippen LogP contribution in [0.2, 0.25) is 0 Å². The van der Waals surface area contributed by atoms with E-state index in [0.29, 0.717) is 18.9 Å². The molecule has 134 valence electrons. The highest BCUT2D eigenvalue weighted by atomic mass is 16.5. The van der Waals surface area contributed by atoms with Crippen molar-refractivity contribution in [3.8, 4) is 5.75 Å². The summed E-state index contributed by atoms with van der Waals surface area (Å²) in [5, 5.41) is 15.6. The molecule has 0 bridgehead atoms. The average molecular weight is 336 g/mol. The van der Waals surface area contributed by atoms with Crippen LogP contribution in [0.4, 0.5) is 4.79 Å². The van der Waals surface area contributed by atoms with Gasteiger partial charge in [0, 0.05) is 18.3 Å². The Kier molecular flexibility index (Phi) is 8.29. The first kappa shape index (κ1) is 20.0. The Hall–Kier alpha value is -2.05. The molecule has 0 spiro atoms. The van der Waals surface area contributed by atoms with Crippen LogP contribution in [-0.4, -0.2) is 42.6 Å². The highest BCUT2D eigenvalue weighted by Crippen LogP contribution is 2.13. The summed E-state index contributed by atoms with van der Waals surface area (Å²) in [6.07, 6.45) is 2.22. The second-order valence-corrected chi connectivity index (χ2v) is 6.36. The smallest absolute Gasteiger partial charge is 0.411 e. The Balaban J connectivity index is 2.36. The molecule has 24 heavy (non-hydrogen) atoms. The molecular weight excluding hydrogens is 308 g/mol. The van der Waals surface area contributed by atoms with Gasteiger partial charge in [-0.1, -0.05) is 12.1 Å². The molecule has 0 saturated carbocycles. The first-order valence-corrected chi connectivity index (χ1v) is 8.06. The van der Waals surface area contributed by atoms with Crippen LogP contribution < -0.4 is 15.4 Å². The molecule has 1 amide bonds. The molecule has 0 aromatic heterocycles. The minimum atomic E-state index is -0.572. The summed E-state index contributed by atoms with van der Waals surface area (Å²) in [7, 11) is 0. The van der Waals surface area contributed by atoms with Crippen molar-refractivity contribution in [1.29, 1.82) is 0 Å². The third-order valence-electron chi connectivity index (χ3n) is 2.94. The van der Waals surface area contributed by atoms with Crippen molar-refractivity contribution in [1.82, 2.24) is 10.6 Å². The van der Waals surface area contributed by atoms with Gasteiger partial charge >= 0.3 is 6.09 Å².